The molecule has 0 fully saturated rings. The Morgan fingerprint density at radius 2 is 2.05 bits per heavy atom. The standard InChI is InChI=1S/C13H9Cl2N3O2S/c1-21-13-16-5-4-10(17-13)11(18-20)12(19)7-2-3-8(14)9(15)6-7/h2-6,20H,1H3/b18-11-. The van der Waals surface area contributed by atoms with E-state index in [9.17, 15) is 4.79 Å². The van der Waals surface area contributed by atoms with Gasteiger partial charge in [0.25, 0.3) is 0 Å². The summed E-state index contributed by atoms with van der Waals surface area (Å²) in [5, 5.41) is 13.2. The second kappa shape index (κ2) is 6.89. The van der Waals surface area contributed by atoms with Gasteiger partial charge in [0.05, 0.1) is 10.0 Å². The molecular weight excluding hydrogens is 333 g/mol. The summed E-state index contributed by atoms with van der Waals surface area (Å²) in [7, 11) is 0. The number of benzene rings is 1. The monoisotopic (exact) mass is 341 g/mol. The Balaban J connectivity index is 2.41. The number of halogens is 2. The van der Waals surface area contributed by atoms with Crippen LogP contribution in [0.1, 0.15) is 16.1 Å². The van der Waals surface area contributed by atoms with Crippen molar-refractivity contribution in [2.45, 2.75) is 5.16 Å². The van der Waals surface area contributed by atoms with Gasteiger partial charge in [-0.2, -0.15) is 0 Å². The highest BCUT2D eigenvalue weighted by Gasteiger charge is 2.19. The molecule has 0 spiro atoms. The van der Waals surface area contributed by atoms with Crippen molar-refractivity contribution < 1.29 is 10.0 Å². The number of hydrogen-bond acceptors (Lipinski definition) is 6. The van der Waals surface area contributed by atoms with E-state index in [0.29, 0.717) is 10.2 Å². The van der Waals surface area contributed by atoms with E-state index in [4.69, 9.17) is 28.4 Å². The molecule has 0 unspecified atom stereocenters. The van der Waals surface area contributed by atoms with Gasteiger partial charge in [-0.25, -0.2) is 9.97 Å². The van der Waals surface area contributed by atoms with Crippen LogP contribution >= 0.6 is 35.0 Å². The molecule has 0 bridgehead atoms. The number of hydrogen-bond donors (Lipinski definition) is 1. The third kappa shape index (κ3) is 3.53. The molecule has 0 aliphatic rings. The summed E-state index contributed by atoms with van der Waals surface area (Å²) in [6.45, 7) is 0. The fraction of sp³-hybridized carbons (Fsp3) is 0.0769. The summed E-state index contributed by atoms with van der Waals surface area (Å²) in [6.07, 6.45) is 3.29. The second-order valence-corrected chi connectivity index (χ2v) is 5.42. The molecule has 1 heterocycles. The zero-order valence-electron chi connectivity index (χ0n) is 10.7. The van der Waals surface area contributed by atoms with E-state index < -0.39 is 5.78 Å². The first-order valence-corrected chi connectivity index (χ1v) is 7.64. The van der Waals surface area contributed by atoms with Crippen LogP contribution in [0.3, 0.4) is 0 Å². The summed E-state index contributed by atoms with van der Waals surface area (Å²) in [6, 6.07) is 5.90. The van der Waals surface area contributed by atoms with E-state index in [-0.39, 0.29) is 22.0 Å². The molecule has 108 valence electrons. The zero-order chi connectivity index (χ0) is 15.4. The predicted octanol–water partition coefficient (Wildman–Crippen LogP) is 3.57. The Morgan fingerprint density at radius 3 is 2.67 bits per heavy atom. The van der Waals surface area contributed by atoms with Gasteiger partial charge in [-0.1, -0.05) is 40.1 Å². The van der Waals surface area contributed by atoms with Crippen molar-refractivity contribution in [3.8, 4) is 0 Å². The molecule has 0 aliphatic heterocycles. The summed E-state index contributed by atoms with van der Waals surface area (Å²) < 4.78 is 0. The zero-order valence-corrected chi connectivity index (χ0v) is 13.1. The maximum absolute atomic E-state index is 12.4. The summed E-state index contributed by atoms with van der Waals surface area (Å²) in [4.78, 5) is 20.5. The minimum atomic E-state index is -0.512. The molecule has 1 N–H and O–H groups in total. The number of nitrogens with zero attached hydrogens (tertiary/aromatic N) is 3. The highest BCUT2D eigenvalue weighted by molar-refractivity contribution is 7.98. The number of rotatable bonds is 4. The molecule has 0 radical (unpaired) electrons. The van der Waals surface area contributed by atoms with E-state index in [0.717, 1.165) is 0 Å². The quantitative estimate of drug-likeness (QED) is 0.230. The lowest BCUT2D eigenvalue weighted by molar-refractivity contribution is 0.106. The third-order valence-corrected chi connectivity index (χ3v) is 3.86. The van der Waals surface area contributed by atoms with Crippen LogP contribution in [0, 0.1) is 0 Å². The normalized spacial score (nSPS) is 11.5. The first-order valence-electron chi connectivity index (χ1n) is 5.66. The van der Waals surface area contributed by atoms with Crippen molar-refractivity contribution in [2.24, 2.45) is 5.16 Å². The van der Waals surface area contributed by atoms with Crippen molar-refractivity contribution in [1.29, 1.82) is 0 Å². The lowest BCUT2D eigenvalue weighted by atomic mass is 10.0. The van der Waals surface area contributed by atoms with Crippen LogP contribution in [-0.4, -0.2) is 32.9 Å². The van der Waals surface area contributed by atoms with Crippen molar-refractivity contribution >= 4 is 46.5 Å². The Bertz CT molecular complexity index is 722. The van der Waals surface area contributed by atoms with E-state index in [2.05, 4.69) is 15.1 Å². The largest absolute Gasteiger partial charge is 0.410 e. The Morgan fingerprint density at radius 1 is 1.29 bits per heavy atom. The number of carbonyl (C=O) groups is 1. The topological polar surface area (TPSA) is 75.4 Å². The van der Waals surface area contributed by atoms with Crippen LogP contribution in [-0.2, 0) is 0 Å². The minimum Gasteiger partial charge on any atom is -0.410 e. The fourth-order valence-electron chi connectivity index (χ4n) is 1.56. The number of Topliss-reactive ketones (excluding diaryl/α,β-unsaturated/α-hetero) is 1. The molecule has 0 aliphatic carbocycles. The van der Waals surface area contributed by atoms with Crippen LogP contribution in [0.15, 0.2) is 40.8 Å². The molecule has 21 heavy (non-hydrogen) atoms. The minimum absolute atomic E-state index is 0.189. The third-order valence-electron chi connectivity index (χ3n) is 2.56. The van der Waals surface area contributed by atoms with Crippen LogP contribution in [0.2, 0.25) is 10.0 Å². The average Bonchev–Trinajstić information content (AvgIpc) is 2.51. The summed E-state index contributed by atoms with van der Waals surface area (Å²) in [5.41, 5.74) is 0.292. The molecule has 5 nitrogen and oxygen atoms in total. The van der Waals surface area contributed by atoms with Gasteiger partial charge < -0.3 is 5.21 Å². The highest BCUT2D eigenvalue weighted by atomic mass is 35.5. The Kier molecular flexibility index (Phi) is 5.17. The van der Waals surface area contributed by atoms with E-state index in [1.807, 2.05) is 0 Å². The molecule has 1 aromatic heterocycles. The Labute approximate surface area is 135 Å². The Hall–Kier alpha value is -1.63. The predicted molar refractivity (Wildman–Crippen MR) is 82.9 cm³/mol. The van der Waals surface area contributed by atoms with Crippen LogP contribution in [0.25, 0.3) is 0 Å². The number of ketones is 1. The van der Waals surface area contributed by atoms with Gasteiger partial charge >= 0.3 is 0 Å². The van der Waals surface area contributed by atoms with Gasteiger partial charge in [0.15, 0.2) is 10.9 Å². The molecule has 2 aromatic rings. The maximum atomic E-state index is 12.4. The number of thioether (sulfide) groups is 1. The number of carbonyl (C=O) groups excluding carboxylic acids is 1. The van der Waals surface area contributed by atoms with E-state index >= 15 is 0 Å². The first kappa shape index (κ1) is 15.8. The van der Waals surface area contributed by atoms with Gasteiger partial charge in [0, 0.05) is 11.8 Å². The molecule has 0 amide bonds. The van der Waals surface area contributed by atoms with Gasteiger partial charge in [0.2, 0.25) is 5.78 Å². The molecule has 2 rings (SSSR count). The molecule has 0 saturated carbocycles. The number of oxime groups is 1. The SMILES string of the molecule is CSc1nccc(/C(=N/O)C(=O)c2ccc(Cl)c(Cl)c2)n1. The van der Waals surface area contributed by atoms with Crippen LogP contribution in [0.5, 0.6) is 0 Å². The molecule has 8 heteroatoms. The van der Waals surface area contributed by atoms with Crippen LogP contribution < -0.4 is 0 Å². The average molecular weight is 342 g/mol. The van der Waals surface area contributed by atoms with Crippen molar-refractivity contribution in [3.05, 3.63) is 51.8 Å². The van der Waals surface area contributed by atoms with Crippen molar-refractivity contribution in [3.63, 3.8) is 0 Å². The van der Waals surface area contributed by atoms with Gasteiger partial charge in [-0.3, -0.25) is 4.79 Å². The molecule has 0 atom stereocenters. The summed E-state index contributed by atoms with van der Waals surface area (Å²) in [5.74, 6) is -0.512. The smallest absolute Gasteiger partial charge is 0.217 e. The molecule has 1 aromatic carbocycles. The van der Waals surface area contributed by atoms with Gasteiger partial charge in [-0.05, 0) is 30.5 Å². The lowest BCUT2D eigenvalue weighted by Crippen LogP contribution is -2.18. The molecular formula is C13H9Cl2N3O2S. The molecule has 0 saturated heterocycles. The second-order valence-electron chi connectivity index (χ2n) is 3.84. The number of aromatic nitrogens is 2. The highest BCUT2D eigenvalue weighted by Crippen LogP contribution is 2.23. The van der Waals surface area contributed by atoms with Crippen molar-refractivity contribution in [1.82, 2.24) is 9.97 Å². The van der Waals surface area contributed by atoms with E-state index in [1.165, 1.54) is 42.2 Å². The fourth-order valence-corrected chi connectivity index (χ4v) is 2.21. The lowest BCUT2D eigenvalue weighted by Gasteiger charge is -2.05. The van der Waals surface area contributed by atoms with Crippen molar-refractivity contribution in [2.75, 3.05) is 6.26 Å². The first-order chi connectivity index (χ1) is 10.1. The van der Waals surface area contributed by atoms with Crippen LogP contribution in [0.4, 0.5) is 0 Å². The summed E-state index contributed by atoms with van der Waals surface area (Å²) >= 11 is 13.0. The van der Waals surface area contributed by atoms with Gasteiger partial charge in [0.1, 0.15) is 5.69 Å². The maximum Gasteiger partial charge on any atom is 0.217 e. The van der Waals surface area contributed by atoms with E-state index in [1.54, 1.807) is 6.26 Å². The van der Waals surface area contributed by atoms with Gasteiger partial charge in [-0.15, -0.1) is 0 Å².